The summed E-state index contributed by atoms with van der Waals surface area (Å²) in [6.45, 7) is 3.11. The summed E-state index contributed by atoms with van der Waals surface area (Å²) in [6, 6.07) is 9.22. The Balaban J connectivity index is 1.80. The van der Waals surface area contributed by atoms with Crippen LogP contribution in [0.4, 0.5) is 17.3 Å². The Morgan fingerprint density at radius 1 is 1.33 bits per heavy atom. The van der Waals surface area contributed by atoms with Gasteiger partial charge in [-0.25, -0.2) is 9.97 Å². The van der Waals surface area contributed by atoms with Gasteiger partial charge in [0, 0.05) is 29.9 Å². The summed E-state index contributed by atoms with van der Waals surface area (Å²) in [5, 5.41) is 13.2. The van der Waals surface area contributed by atoms with Crippen molar-refractivity contribution in [3.05, 3.63) is 41.2 Å². The molecule has 2 N–H and O–H groups in total. The summed E-state index contributed by atoms with van der Waals surface area (Å²) in [5.41, 5.74) is 0.880. The number of aromatic nitrogens is 2. The number of halogens is 1. The Hall–Kier alpha value is -2.34. The fraction of sp³-hybridized carbons (Fsp3) is 0.353. The van der Waals surface area contributed by atoms with Crippen molar-refractivity contribution in [1.29, 1.82) is 0 Å². The molecule has 0 radical (unpaired) electrons. The van der Waals surface area contributed by atoms with Gasteiger partial charge < -0.3 is 15.3 Å². The summed E-state index contributed by atoms with van der Waals surface area (Å²) < 4.78 is 0. The zero-order chi connectivity index (χ0) is 17.1. The van der Waals surface area contributed by atoms with E-state index in [2.05, 4.69) is 15.3 Å². The molecule has 126 valence electrons. The second kappa shape index (κ2) is 7.05. The number of anilines is 3. The highest BCUT2D eigenvalue weighted by Gasteiger charge is 2.26. The molecule has 2 aromatic rings. The van der Waals surface area contributed by atoms with Crippen LogP contribution in [-0.4, -0.2) is 34.1 Å². The molecule has 1 saturated heterocycles. The first-order valence-corrected chi connectivity index (χ1v) is 8.25. The molecule has 0 spiro atoms. The standard InChI is InChI=1S/C17H19ClN4O2/c1-11-19-15(21-14-6-4-13(18)5-7-14)9-16(20-11)22-8-2-3-12(10-22)17(23)24/h4-7,9,12H,2-3,8,10H2,1H3,(H,23,24)(H,19,20,21). The lowest BCUT2D eigenvalue weighted by molar-refractivity contribution is -0.141. The van der Waals surface area contributed by atoms with Crippen LogP contribution in [0, 0.1) is 12.8 Å². The van der Waals surface area contributed by atoms with E-state index < -0.39 is 5.97 Å². The fourth-order valence-electron chi connectivity index (χ4n) is 2.85. The highest BCUT2D eigenvalue weighted by atomic mass is 35.5. The number of nitrogens with one attached hydrogen (secondary N) is 1. The molecule has 1 unspecified atom stereocenters. The molecule has 0 bridgehead atoms. The molecule has 1 fully saturated rings. The third-order valence-electron chi connectivity index (χ3n) is 4.04. The van der Waals surface area contributed by atoms with Gasteiger partial charge in [-0.05, 0) is 44.0 Å². The number of benzene rings is 1. The van der Waals surface area contributed by atoms with Gasteiger partial charge in [-0.1, -0.05) is 11.6 Å². The highest BCUT2D eigenvalue weighted by Crippen LogP contribution is 2.25. The third kappa shape index (κ3) is 3.94. The predicted molar refractivity (Wildman–Crippen MR) is 94.1 cm³/mol. The van der Waals surface area contributed by atoms with Gasteiger partial charge in [-0.3, -0.25) is 4.79 Å². The van der Waals surface area contributed by atoms with Crippen molar-refractivity contribution in [2.24, 2.45) is 5.92 Å². The molecule has 0 amide bonds. The predicted octanol–water partition coefficient (Wildman–Crippen LogP) is 3.48. The summed E-state index contributed by atoms with van der Waals surface area (Å²) in [7, 11) is 0. The first-order valence-electron chi connectivity index (χ1n) is 7.87. The minimum atomic E-state index is -0.745. The molecule has 3 rings (SSSR count). The molecule has 2 heterocycles. The van der Waals surface area contributed by atoms with E-state index in [0.29, 0.717) is 29.6 Å². The fourth-order valence-corrected chi connectivity index (χ4v) is 2.97. The van der Waals surface area contributed by atoms with Crippen LogP contribution >= 0.6 is 11.6 Å². The van der Waals surface area contributed by atoms with Gasteiger partial charge in [-0.2, -0.15) is 0 Å². The maximum Gasteiger partial charge on any atom is 0.308 e. The Labute approximate surface area is 145 Å². The summed E-state index contributed by atoms with van der Waals surface area (Å²) in [4.78, 5) is 22.1. The second-order valence-corrected chi connectivity index (χ2v) is 6.35. The van der Waals surface area contributed by atoms with Gasteiger partial charge >= 0.3 is 5.97 Å². The van der Waals surface area contributed by atoms with Gasteiger partial charge in [0.25, 0.3) is 0 Å². The number of hydrogen-bond acceptors (Lipinski definition) is 5. The molecule has 7 heteroatoms. The molecular formula is C17H19ClN4O2. The maximum atomic E-state index is 11.3. The van der Waals surface area contributed by atoms with Gasteiger partial charge in [0.05, 0.1) is 5.92 Å². The van der Waals surface area contributed by atoms with Crippen molar-refractivity contribution >= 4 is 34.9 Å². The van der Waals surface area contributed by atoms with Crippen molar-refractivity contribution in [2.45, 2.75) is 19.8 Å². The normalized spacial score (nSPS) is 17.6. The van der Waals surface area contributed by atoms with Gasteiger partial charge in [0.1, 0.15) is 17.5 Å². The Kier molecular flexibility index (Phi) is 4.85. The highest BCUT2D eigenvalue weighted by molar-refractivity contribution is 6.30. The maximum absolute atomic E-state index is 11.3. The molecule has 1 aliphatic heterocycles. The Morgan fingerprint density at radius 2 is 2.08 bits per heavy atom. The van der Waals surface area contributed by atoms with E-state index in [9.17, 15) is 9.90 Å². The van der Waals surface area contributed by atoms with Crippen LogP contribution in [0.1, 0.15) is 18.7 Å². The molecule has 1 aromatic heterocycles. The number of hydrogen-bond donors (Lipinski definition) is 2. The number of carboxylic acid groups (broad SMARTS) is 1. The largest absolute Gasteiger partial charge is 0.481 e. The van der Waals surface area contributed by atoms with Crippen molar-refractivity contribution < 1.29 is 9.90 Å². The molecule has 24 heavy (non-hydrogen) atoms. The molecule has 6 nitrogen and oxygen atoms in total. The molecule has 1 aromatic carbocycles. The lowest BCUT2D eigenvalue weighted by Crippen LogP contribution is -2.39. The zero-order valence-electron chi connectivity index (χ0n) is 13.4. The number of carboxylic acids is 1. The van der Waals surface area contributed by atoms with E-state index in [1.54, 1.807) is 12.1 Å². The second-order valence-electron chi connectivity index (χ2n) is 5.91. The van der Waals surface area contributed by atoms with Crippen LogP contribution in [0.3, 0.4) is 0 Å². The number of nitrogens with zero attached hydrogens (tertiary/aromatic N) is 3. The first kappa shape index (κ1) is 16.5. The van der Waals surface area contributed by atoms with E-state index >= 15 is 0 Å². The van der Waals surface area contributed by atoms with Crippen LogP contribution in [0.5, 0.6) is 0 Å². The quantitative estimate of drug-likeness (QED) is 0.882. The van der Waals surface area contributed by atoms with E-state index in [0.717, 1.165) is 24.5 Å². The monoisotopic (exact) mass is 346 g/mol. The van der Waals surface area contributed by atoms with Gasteiger partial charge in [0.2, 0.25) is 0 Å². The summed E-state index contributed by atoms with van der Waals surface area (Å²) >= 11 is 5.90. The minimum Gasteiger partial charge on any atom is -0.481 e. The number of aryl methyl sites for hydroxylation is 1. The van der Waals surface area contributed by atoms with Crippen LogP contribution in [0.25, 0.3) is 0 Å². The third-order valence-corrected chi connectivity index (χ3v) is 4.29. The van der Waals surface area contributed by atoms with Gasteiger partial charge in [-0.15, -0.1) is 0 Å². The average molecular weight is 347 g/mol. The van der Waals surface area contributed by atoms with Crippen LogP contribution in [-0.2, 0) is 4.79 Å². The lowest BCUT2D eigenvalue weighted by atomic mass is 9.98. The number of rotatable bonds is 4. The van der Waals surface area contributed by atoms with Crippen molar-refractivity contribution in [2.75, 3.05) is 23.3 Å². The zero-order valence-corrected chi connectivity index (χ0v) is 14.1. The van der Waals surface area contributed by atoms with Crippen molar-refractivity contribution in [1.82, 2.24) is 9.97 Å². The molecule has 0 saturated carbocycles. The van der Waals surface area contributed by atoms with Crippen molar-refractivity contribution in [3.8, 4) is 0 Å². The number of piperidine rings is 1. The minimum absolute atomic E-state index is 0.346. The smallest absolute Gasteiger partial charge is 0.308 e. The van der Waals surface area contributed by atoms with E-state index in [1.165, 1.54) is 0 Å². The Morgan fingerprint density at radius 3 is 2.79 bits per heavy atom. The number of carbonyl (C=O) groups is 1. The molecule has 1 aliphatic rings. The van der Waals surface area contributed by atoms with Crippen LogP contribution in [0.15, 0.2) is 30.3 Å². The van der Waals surface area contributed by atoms with Crippen molar-refractivity contribution in [3.63, 3.8) is 0 Å². The van der Waals surface area contributed by atoms with Crippen LogP contribution in [0.2, 0.25) is 5.02 Å². The van der Waals surface area contributed by atoms with Crippen LogP contribution < -0.4 is 10.2 Å². The molecule has 0 aliphatic carbocycles. The number of aliphatic carboxylic acids is 1. The van der Waals surface area contributed by atoms with E-state index in [1.807, 2.05) is 30.0 Å². The lowest BCUT2D eigenvalue weighted by Gasteiger charge is -2.31. The topological polar surface area (TPSA) is 78.4 Å². The first-order chi connectivity index (χ1) is 11.5. The van der Waals surface area contributed by atoms with E-state index in [-0.39, 0.29) is 5.92 Å². The SMILES string of the molecule is Cc1nc(Nc2ccc(Cl)cc2)cc(N2CCCC(C(=O)O)C2)n1. The average Bonchev–Trinajstić information content (AvgIpc) is 2.56. The van der Waals surface area contributed by atoms with Gasteiger partial charge in [0.15, 0.2) is 0 Å². The molecule has 1 atom stereocenters. The molecular weight excluding hydrogens is 328 g/mol. The van der Waals surface area contributed by atoms with E-state index in [4.69, 9.17) is 11.6 Å². The summed E-state index contributed by atoms with van der Waals surface area (Å²) in [5.74, 6) is 0.982. The Bertz CT molecular complexity index is 736. The summed E-state index contributed by atoms with van der Waals surface area (Å²) in [6.07, 6.45) is 1.56.